The van der Waals surface area contributed by atoms with Gasteiger partial charge in [-0.2, -0.15) is 0 Å². The van der Waals surface area contributed by atoms with Crippen molar-refractivity contribution in [3.63, 3.8) is 0 Å². The largest absolute Gasteiger partial charge is 0.495 e. The Kier molecular flexibility index (Phi) is 2.11. The fourth-order valence-corrected chi connectivity index (χ4v) is 2.24. The monoisotopic (exact) mass is 225 g/mol. The van der Waals surface area contributed by atoms with Crippen molar-refractivity contribution in [1.82, 2.24) is 4.98 Å². The molecule has 0 saturated carbocycles. The zero-order valence-electron chi connectivity index (χ0n) is 9.36. The van der Waals surface area contributed by atoms with Crippen LogP contribution in [-0.4, -0.2) is 18.4 Å². The van der Waals surface area contributed by atoms with Gasteiger partial charge in [0.25, 0.3) is 0 Å². The van der Waals surface area contributed by atoms with E-state index in [1.165, 1.54) is 0 Å². The molecule has 0 aliphatic rings. The Hall–Kier alpha value is -2.29. The summed E-state index contributed by atoms with van der Waals surface area (Å²) in [6, 6.07) is 11.7. The van der Waals surface area contributed by atoms with E-state index in [0.29, 0.717) is 11.3 Å². The highest BCUT2D eigenvalue weighted by atomic mass is 16.5. The highest BCUT2D eigenvalue weighted by molar-refractivity contribution is 6.12. The summed E-state index contributed by atoms with van der Waals surface area (Å²) in [5.41, 5.74) is 2.60. The van der Waals surface area contributed by atoms with Crippen molar-refractivity contribution in [1.29, 1.82) is 0 Å². The zero-order valence-corrected chi connectivity index (χ0v) is 9.36. The molecule has 0 amide bonds. The Morgan fingerprint density at radius 1 is 1.12 bits per heavy atom. The van der Waals surface area contributed by atoms with E-state index in [2.05, 4.69) is 4.98 Å². The summed E-state index contributed by atoms with van der Waals surface area (Å²) in [6.45, 7) is 0. The van der Waals surface area contributed by atoms with Gasteiger partial charge in [0.2, 0.25) is 0 Å². The first-order chi connectivity index (χ1) is 8.35. The SMILES string of the molecule is COc1c(C=O)ccc2[nH]c3ccccc3c12. The Labute approximate surface area is 98.0 Å². The summed E-state index contributed by atoms with van der Waals surface area (Å²) >= 11 is 0. The third kappa shape index (κ3) is 1.32. The molecule has 0 fully saturated rings. The van der Waals surface area contributed by atoms with Gasteiger partial charge < -0.3 is 9.72 Å². The van der Waals surface area contributed by atoms with E-state index < -0.39 is 0 Å². The molecule has 3 nitrogen and oxygen atoms in total. The van der Waals surface area contributed by atoms with Gasteiger partial charge in [0.15, 0.2) is 6.29 Å². The molecule has 1 heterocycles. The van der Waals surface area contributed by atoms with Gasteiger partial charge in [-0.05, 0) is 18.2 Å². The lowest BCUT2D eigenvalue weighted by molar-refractivity contribution is 0.112. The number of nitrogens with one attached hydrogen (secondary N) is 1. The number of aldehydes is 1. The summed E-state index contributed by atoms with van der Waals surface area (Å²) in [4.78, 5) is 14.3. The Morgan fingerprint density at radius 2 is 1.94 bits per heavy atom. The number of aromatic amines is 1. The van der Waals surface area contributed by atoms with Crippen LogP contribution in [0.1, 0.15) is 10.4 Å². The fraction of sp³-hybridized carbons (Fsp3) is 0.0714. The van der Waals surface area contributed by atoms with Gasteiger partial charge >= 0.3 is 0 Å². The number of fused-ring (bicyclic) bond motifs is 3. The number of ether oxygens (including phenoxy) is 1. The lowest BCUT2D eigenvalue weighted by Gasteiger charge is -2.05. The summed E-state index contributed by atoms with van der Waals surface area (Å²) in [6.07, 6.45) is 0.819. The summed E-state index contributed by atoms with van der Waals surface area (Å²) in [5, 5.41) is 2.04. The van der Waals surface area contributed by atoms with Crippen LogP contribution in [0.2, 0.25) is 0 Å². The predicted octanol–water partition coefficient (Wildman–Crippen LogP) is 3.14. The molecule has 0 aliphatic carbocycles. The zero-order chi connectivity index (χ0) is 11.8. The molecule has 0 bridgehead atoms. The van der Waals surface area contributed by atoms with Crippen molar-refractivity contribution in [3.8, 4) is 5.75 Å². The quantitative estimate of drug-likeness (QED) is 0.681. The Bertz CT molecular complexity index is 713. The lowest BCUT2D eigenvalue weighted by atomic mass is 10.1. The third-order valence-corrected chi connectivity index (χ3v) is 2.98. The number of para-hydroxylation sites is 1. The van der Waals surface area contributed by atoms with Crippen LogP contribution in [0.5, 0.6) is 5.75 Å². The second kappa shape index (κ2) is 3.63. The van der Waals surface area contributed by atoms with Crippen LogP contribution in [0, 0.1) is 0 Å². The minimum Gasteiger partial charge on any atom is -0.495 e. The van der Waals surface area contributed by atoms with E-state index in [0.717, 1.165) is 28.1 Å². The van der Waals surface area contributed by atoms with Gasteiger partial charge in [-0.1, -0.05) is 18.2 Å². The van der Waals surface area contributed by atoms with Crippen LogP contribution in [0.4, 0.5) is 0 Å². The number of benzene rings is 2. The topological polar surface area (TPSA) is 42.1 Å². The van der Waals surface area contributed by atoms with E-state index in [-0.39, 0.29) is 0 Å². The molecule has 0 radical (unpaired) electrons. The minimum atomic E-state index is 0.574. The first kappa shape index (κ1) is 9.90. The molecule has 17 heavy (non-hydrogen) atoms. The average molecular weight is 225 g/mol. The van der Waals surface area contributed by atoms with E-state index in [4.69, 9.17) is 4.74 Å². The van der Waals surface area contributed by atoms with Crippen molar-refractivity contribution < 1.29 is 9.53 Å². The molecule has 0 spiro atoms. The molecule has 84 valence electrons. The lowest BCUT2D eigenvalue weighted by Crippen LogP contribution is -1.90. The average Bonchev–Trinajstić information content (AvgIpc) is 2.76. The highest BCUT2D eigenvalue weighted by Crippen LogP contribution is 2.34. The third-order valence-electron chi connectivity index (χ3n) is 2.98. The first-order valence-corrected chi connectivity index (χ1v) is 5.37. The molecule has 0 aliphatic heterocycles. The van der Waals surface area contributed by atoms with Crippen molar-refractivity contribution >= 4 is 28.1 Å². The minimum absolute atomic E-state index is 0.574. The smallest absolute Gasteiger partial charge is 0.153 e. The van der Waals surface area contributed by atoms with Gasteiger partial charge in [0.05, 0.1) is 23.6 Å². The second-order valence-electron chi connectivity index (χ2n) is 3.90. The normalized spacial score (nSPS) is 10.9. The number of aromatic nitrogens is 1. The van der Waals surface area contributed by atoms with Gasteiger partial charge in [-0.25, -0.2) is 0 Å². The molecular formula is C14H11NO2. The standard InChI is InChI=1S/C14H11NO2/c1-17-14-9(8-16)6-7-12-13(14)10-4-2-3-5-11(10)15-12/h2-8,15H,1H3. The van der Waals surface area contributed by atoms with Crippen molar-refractivity contribution in [2.75, 3.05) is 7.11 Å². The summed E-state index contributed by atoms with van der Waals surface area (Å²) < 4.78 is 5.36. The van der Waals surface area contributed by atoms with Crippen LogP contribution >= 0.6 is 0 Å². The van der Waals surface area contributed by atoms with E-state index in [1.807, 2.05) is 30.3 Å². The number of methoxy groups -OCH3 is 1. The summed E-state index contributed by atoms with van der Waals surface area (Å²) in [5.74, 6) is 0.634. The fourth-order valence-electron chi connectivity index (χ4n) is 2.24. The maximum atomic E-state index is 11.0. The molecule has 2 aromatic carbocycles. The molecule has 3 rings (SSSR count). The Morgan fingerprint density at radius 3 is 2.71 bits per heavy atom. The van der Waals surface area contributed by atoms with Crippen molar-refractivity contribution in [2.24, 2.45) is 0 Å². The van der Waals surface area contributed by atoms with Crippen LogP contribution in [0.25, 0.3) is 21.8 Å². The Balaban J connectivity index is 2.55. The van der Waals surface area contributed by atoms with Crippen molar-refractivity contribution in [3.05, 3.63) is 42.0 Å². The highest BCUT2D eigenvalue weighted by Gasteiger charge is 2.12. The van der Waals surface area contributed by atoms with Gasteiger partial charge in [-0.15, -0.1) is 0 Å². The maximum absolute atomic E-state index is 11.0. The van der Waals surface area contributed by atoms with Crippen LogP contribution < -0.4 is 4.74 Å². The molecule has 0 saturated heterocycles. The van der Waals surface area contributed by atoms with Gasteiger partial charge in [0.1, 0.15) is 5.75 Å². The second-order valence-corrected chi connectivity index (χ2v) is 3.90. The van der Waals surface area contributed by atoms with Crippen LogP contribution in [0.3, 0.4) is 0 Å². The van der Waals surface area contributed by atoms with E-state index in [1.54, 1.807) is 13.2 Å². The van der Waals surface area contributed by atoms with E-state index >= 15 is 0 Å². The van der Waals surface area contributed by atoms with Crippen LogP contribution in [0.15, 0.2) is 36.4 Å². The van der Waals surface area contributed by atoms with Crippen molar-refractivity contribution in [2.45, 2.75) is 0 Å². The number of hydrogen-bond donors (Lipinski definition) is 1. The number of rotatable bonds is 2. The molecule has 1 N–H and O–H groups in total. The predicted molar refractivity (Wildman–Crippen MR) is 67.7 cm³/mol. The number of hydrogen-bond acceptors (Lipinski definition) is 2. The number of carbonyl (C=O) groups excluding carboxylic acids is 1. The number of carbonyl (C=O) groups is 1. The maximum Gasteiger partial charge on any atom is 0.153 e. The molecule has 3 aromatic rings. The molecule has 0 unspecified atom stereocenters. The molecule has 0 atom stereocenters. The molecular weight excluding hydrogens is 214 g/mol. The first-order valence-electron chi connectivity index (χ1n) is 5.37. The van der Waals surface area contributed by atoms with Gasteiger partial charge in [-0.3, -0.25) is 4.79 Å². The number of H-pyrrole nitrogens is 1. The van der Waals surface area contributed by atoms with Crippen LogP contribution in [-0.2, 0) is 0 Å². The van der Waals surface area contributed by atoms with Gasteiger partial charge in [0, 0.05) is 10.9 Å². The van der Waals surface area contributed by atoms with E-state index in [9.17, 15) is 4.79 Å². The molecule has 1 aromatic heterocycles. The molecule has 3 heteroatoms. The summed E-state index contributed by atoms with van der Waals surface area (Å²) in [7, 11) is 1.59.